The third kappa shape index (κ3) is 2.85. The molecule has 1 N–H and O–H groups in total. The first kappa shape index (κ1) is 12.8. The minimum absolute atomic E-state index is 0.0637. The molecule has 4 nitrogen and oxygen atoms in total. The molecule has 0 saturated heterocycles. The number of carbonyl (C=O) groups excluding carboxylic acids is 1. The Kier molecular flexibility index (Phi) is 3.72. The molecule has 3 rings (SSSR count). The fourth-order valence-electron chi connectivity index (χ4n) is 1.73. The van der Waals surface area contributed by atoms with Crippen LogP contribution in [0.2, 0.25) is 0 Å². The maximum absolute atomic E-state index is 12.0. The van der Waals surface area contributed by atoms with E-state index in [4.69, 9.17) is 0 Å². The van der Waals surface area contributed by atoms with Crippen molar-refractivity contribution in [3.05, 3.63) is 66.2 Å². The van der Waals surface area contributed by atoms with Crippen molar-refractivity contribution >= 4 is 25.1 Å². The maximum atomic E-state index is 12.0. The summed E-state index contributed by atoms with van der Waals surface area (Å²) >= 11 is -0.0637. The predicted molar refractivity (Wildman–Crippen MR) is 78.8 cm³/mol. The van der Waals surface area contributed by atoms with E-state index in [1.807, 2.05) is 48.5 Å². The molecule has 0 bridgehead atoms. The molecule has 0 aliphatic heterocycles. The van der Waals surface area contributed by atoms with Gasteiger partial charge in [0.25, 0.3) is 0 Å². The number of benzene rings is 2. The Morgan fingerprint density at radius 3 is 2.25 bits per heavy atom. The van der Waals surface area contributed by atoms with Crippen LogP contribution in [0.15, 0.2) is 60.7 Å². The van der Waals surface area contributed by atoms with Crippen LogP contribution in [-0.2, 0) is 0 Å². The fourth-order valence-corrected chi connectivity index (χ4v) is 3.29. The number of nitrogens with zero attached hydrogens (tertiary/aromatic N) is 2. The van der Waals surface area contributed by atoms with Crippen molar-refractivity contribution in [1.29, 1.82) is 0 Å². The quantitative estimate of drug-likeness (QED) is 0.752. The summed E-state index contributed by atoms with van der Waals surface area (Å²) in [6, 6.07) is 19.0. The van der Waals surface area contributed by atoms with Crippen molar-refractivity contribution in [1.82, 2.24) is 10.2 Å². The van der Waals surface area contributed by atoms with Crippen LogP contribution in [0, 0.1) is 0 Å². The van der Waals surface area contributed by atoms with Gasteiger partial charge in [0.15, 0.2) is 0 Å². The van der Waals surface area contributed by atoms with Crippen LogP contribution >= 0.6 is 0 Å². The van der Waals surface area contributed by atoms with Crippen LogP contribution in [0.4, 0.5) is 4.69 Å². The average molecular weight is 328 g/mol. The summed E-state index contributed by atoms with van der Waals surface area (Å²) in [5.74, 6) is -0.143. The van der Waals surface area contributed by atoms with Gasteiger partial charge in [-0.2, -0.15) is 0 Å². The van der Waals surface area contributed by atoms with Crippen LogP contribution in [-0.4, -0.2) is 30.6 Å². The van der Waals surface area contributed by atoms with Crippen molar-refractivity contribution < 1.29 is 4.79 Å². The number of carbonyl (C=O) groups is 1. The third-order valence-corrected chi connectivity index (χ3v) is 4.56. The molecule has 0 radical (unpaired) electrons. The van der Waals surface area contributed by atoms with Crippen LogP contribution in [0.5, 0.6) is 0 Å². The molecule has 0 spiro atoms. The Morgan fingerprint density at radius 2 is 1.55 bits per heavy atom. The molecule has 20 heavy (non-hydrogen) atoms. The standard InChI is InChI=1S/C15H11N3OSe/c19-13(11-7-3-1-4-8-11)16-15-18-17-14(20-15)12-9-5-2-6-10-12/h1-10H,(H,16,18,19). The van der Waals surface area contributed by atoms with Crippen molar-refractivity contribution in [3.8, 4) is 10.1 Å². The number of nitrogens with one attached hydrogen (secondary N) is 1. The SMILES string of the molecule is O=C(Nc1nnc(-c2ccccc2)[se]1)c1ccccc1. The van der Waals surface area contributed by atoms with Crippen LogP contribution < -0.4 is 5.32 Å². The van der Waals surface area contributed by atoms with E-state index in [0.29, 0.717) is 10.3 Å². The Morgan fingerprint density at radius 1 is 0.900 bits per heavy atom. The predicted octanol–water partition coefficient (Wildman–Crippen LogP) is 2.45. The van der Waals surface area contributed by atoms with E-state index < -0.39 is 0 Å². The zero-order valence-corrected chi connectivity index (χ0v) is 12.2. The molecule has 2 aromatic carbocycles. The number of anilines is 1. The van der Waals surface area contributed by atoms with Gasteiger partial charge in [-0.05, 0) is 0 Å². The zero-order chi connectivity index (χ0) is 13.8. The monoisotopic (exact) mass is 329 g/mol. The third-order valence-electron chi connectivity index (χ3n) is 2.70. The van der Waals surface area contributed by atoms with Crippen LogP contribution in [0.25, 0.3) is 10.1 Å². The van der Waals surface area contributed by atoms with Gasteiger partial charge >= 0.3 is 122 Å². The molecule has 98 valence electrons. The molecule has 1 amide bonds. The van der Waals surface area contributed by atoms with E-state index in [2.05, 4.69) is 15.5 Å². The fraction of sp³-hybridized carbons (Fsp3) is 0. The second-order valence-corrected chi connectivity index (χ2v) is 6.15. The summed E-state index contributed by atoms with van der Waals surface area (Å²) in [7, 11) is 0. The van der Waals surface area contributed by atoms with E-state index in [9.17, 15) is 4.79 Å². The van der Waals surface area contributed by atoms with E-state index in [1.165, 1.54) is 0 Å². The van der Waals surface area contributed by atoms with Gasteiger partial charge in [-0.25, -0.2) is 0 Å². The molecular weight excluding hydrogens is 317 g/mol. The van der Waals surface area contributed by atoms with Crippen molar-refractivity contribution in [2.24, 2.45) is 0 Å². The summed E-state index contributed by atoms with van der Waals surface area (Å²) in [6.07, 6.45) is 0. The van der Waals surface area contributed by atoms with E-state index in [1.54, 1.807) is 12.1 Å². The normalized spacial score (nSPS) is 10.2. The first-order valence-electron chi connectivity index (χ1n) is 6.08. The van der Waals surface area contributed by atoms with Gasteiger partial charge in [-0.3, -0.25) is 0 Å². The molecule has 0 aliphatic rings. The minimum atomic E-state index is -0.143. The van der Waals surface area contributed by atoms with Crippen LogP contribution in [0.3, 0.4) is 0 Å². The number of aromatic nitrogens is 2. The Labute approximate surface area is 122 Å². The number of amides is 1. The van der Waals surface area contributed by atoms with E-state index in [0.717, 1.165) is 10.1 Å². The van der Waals surface area contributed by atoms with Gasteiger partial charge in [0.1, 0.15) is 0 Å². The first-order valence-corrected chi connectivity index (χ1v) is 7.79. The second-order valence-electron chi connectivity index (χ2n) is 4.10. The summed E-state index contributed by atoms with van der Waals surface area (Å²) in [5, 5.41) is 11.0. The number of hydrogen-bond donors (Lipinski definition) is 1. The summed E-state index contributed by atoms with van der Waals surface area (Å²) in [5.41, 5.74) is 1.68. The van der Waals surface area contributed by atoms with Crippen molar-refractivity contribution in [3.63, 3.8) is 0 Å². The van der Waals surface area contributed by atoms with Gasteiger partial charge < -0.3 is 0 Å². The molecule has 0 aliphatic carbocycles. The summed E-state index contributed by atoms with van der Waals surface area (Å²) in [6.45, 7) is 0. The van der Waals surface area contributed by atoms with E-state index >= 15 is 0 Å². The molecule has 1 heterocycles. The van der Waals surface area contributed by atoms with E-state index in [-0.39, 0.29) is 20.4 Å². The average Bonchev–Trinajstić information content (AvgIpc) is 2.97. The second kappa shape index (κ2) is 5.82. The molecule has 3 aromatic rings. The first-order chi connectivity index (χ1) is 9.83. The molecule has 0 fully saturated rings. The molecule has 0 saturated carbocycles. The molecular formula is C15H11N3OSe. The summed E-state index contributed by atoms with van der Waals surface area (Å²) < 4.78 is 1.58. The topological polar surface area (TPSA) is 54.9 Å². The van der Waals surface area contributed by atoms with Crippen LogP contribution in [0.1, 0.15) is 10.4 Å². The van der Waals surface area contributed by atoms with Crippen molar-refractivity contribution in [2.45, 2.75) is 0 Å². The Bertz CT molecular complexity index is 710. The molecule has 5 heteroatoms. The molecule has 0 unspecified atom stereocenters. The number of rotatable bonds is 3. The van der Waals surface area contributed by atoms with Gasteiger partial charge in [0.05, 0.1) is 0 Å². The molecule has 1 aromatic heterocycles. The Hall–Kier alpha value is -2.23. The summed E-state index contributed by atoms with van der Waals surface area (Å²) in [4.78, 5) is 12.0. The van der Waals surface area contributed by atoms with Gasteiger partial charge in [-0.15, -0.1) is 0 Å². The van der Waals surface area contributed by atoms with Gasteiger partial charge in [0, 0.05) is 0 Å². The molecule has 0 atom stereocenters. The van der Waals surface area contributed by atoms with Gasteiger partial charge in [-0.1, -0.05) is 0 Å². The Balaban J connectivity index is 1.77. The van der Waals surface area contributed by atoms with Crippen molar-refractivity contribution in [2.75, 3.05) is 5.32 Å². The van der Waals surface area contributed by atoms with Gasteiger partial charge in [0.2, 0.25) is 0 Å². The zero-order valence-electron chi connectivity index (χ0n) is 10.5. The number of hydrogen-bond acceptors (Lipinski definition) is 3.